The average Bonchev–Trinajstić information content (AvgIpc) is 2.90. The van der Waals surface area contributed by atoms with E-state index in [0.717, 1.165) is 29.7 Å². The Hall–Kier alpha value is -2.24. The zero-order valence-corrected chi connectivity index (χ0v) is 12.6. The summed E-state index contributed by atoms with van der Waals surface area (Å²) in [6.45, 7) is 7.65. The van der Waals surface area contributed by atoms with Gasteiger partial charge in [0.1, 0.15) is 0 Å². The number of aromatic nitrogens is 4. The Kier molecular flexibility index (Phi) is 3.45. The second-order valence-corrected chi connectivity index (χ2v) is 5.66. The number of hydrogen-bond acceptors (Lipinski definition) is 4. The summed E-state index contributed by atoms with van der Waals surface area (Å²) in [6.07, 6.45) is 1.28. The van der Waals surface area contributed by atoms with Crippen LogP contribution < -0.4 is 4.90 Å². The molecule has 110 valence electrons. The molecule has 0 unspecified atom stereocenters. The molecule has 3 rings (SSSR count). The lowest BCUT2D eigenvalue weighted by Crippen LogP contribution is -2.39. The SMILES string of the molecule is Cc1cc(C)c(CC(=O)N2CCCn3nnnc32)c(C)c1. The lowest BCUT2D eigenvalue weighted by molar-refractivity contribution is -0.118. The third kappa shape index (κ3) is 2.53. The van der Waals surface area contributed by atoms with Gasteiger partial charge in [-0.05, 0) is 54.3 Å². The standard InChI is InChI=1S/C15H19N5O/c1-10-7-11(2)13(12(3)8-10)9-14(21)19-5-4-6-20-15(19)16-17-18-20/h7-8H,4-6,9H2,1-3H3. The molecule has 1 aromatic carbocycles. The molecule has 1 aliphatic heterocycles. The number of benzene rings is 1. The van der Waals surface area contributed by atoms with Crippen molar-refractivity contribution >= 4 is 11.9 Å². The van der Waals surface area contributed by atoms with Crippen LogP contribution in [-0.2, 0) is 17.8 Å². The number of carbonyl (C=O) groups excluding carboxylic acids is 1. The highest BCUT2D eigenvalue weighted by Crippen LogP contribution is 2.21. The first-order valence-corrected chi connectivity index (χ1v) is 7.19. The minimum absolute atomic E-state index is 0.0563. The van der Waals surface area contributed by atoms with Gasteiger partial charge in [-0.1, -0.05) is 22.8 Å². The number of fused-ring (bicyclic) bond motifs is 1. The fourth-order valence-electron chi connectivity index (χ4n) is 2.99. The molecule has 0 saturated heterocycles. The Bertz CT molecular complexity index is 668. The van der Waals surface area contributed by atoms with E-state index in [1.807, 2.05) is 0 Å². The molecule has 6 nitrogen and oxygen atoms in total. The van der Waals surface area contributed by atoms with Crippen molar-refractivity contribution < 1.29 is 4.79 Å². The Morgan fingerprint density at radius 3 is 2.62 bits per heavy atom. The molecule has 0 aliphatic carbocycles. The average molecular weight is 285 g/mol. The van der Waals surface area contributed by atoms with Crippen LogP contribution >= 0.6 is 0 Å². The normalized spacial score (nSPS) is 14.1. The first-order chi connectivity index (χ1) is 10.1. The lowest BCUT2D eigenvalue weighted by Gasteiger charge is -2.25. The summed E-state index contributed by atoms with van der Waals surface area (Å²) in [5.41, 5.74) is 4.66. The van der Waals surface area contributed by atoms with Gasteiger partial charge in [-0.25, -0.2) is 4.68 Å². The first kappa shape index (κ1) is 13.7. The molecule has 0 bridgehead atoms. The number of hydrogen-bond donors (Lipinski definition) is 0. The maximum atomic E-state index is 12.6. The van der Waals surface area contributed by atoms with Crippen LogP contribution in [0.2, 0.25) is 0 Å². The summed E-state index contributed by atoms with van der Waals surface area (Å²) in [5.74, 6) is 0.620. The molecule has 0 atom stereocenters. The van der Waals surface area contributed by atoms with E-state index in [4.69, 9.17) is 0 Å². The van der Waals surface area contributed by atoms with Crippen LogP contribution in [0.25, 0.3) is 0 Å². The van der Waals surface area contributed by atoms with Crippen LogP contribution in [0.15, 0.2) is 12.1 Å². The van der Waals surface area contributed by atoms with Gasteiger partial charge >= 0.3 is 0 Å². The van der Waals surface area contributed by atoms with Gasteiger partial charge in [-0.3, -0.25) is 9.69 Å². The monoisotopic (exact) mass is 285 g/mol. The highest BCUT2D eigenvalue weighted by atomic mass is 16.2. The van der Waals surface area contributed by atoms with Gasteiger partial charge in [0.2, 0.25) is 5.91 Å². The maximum absolute atomic E-state index is 12.6. The smallest absolute Gasteiger partial charge is 0.252 e. The summed E-state index contributed by atoms with van der Waals surface area (Å²) in [6, 6.07) is 4.24. The third-order valence-electron chi connectivity index (χ3n) is 3.98. The second-order valence-electron chi connectivity index (χ2n) is 5.66. The van der Waals surface area contributed by atoms with Crippen molar-refractivity contribution in [3.8, 4) is 0 Å². The van der Waals surface area contributed by atoms with Crippen molar-refractivity contribution in [3.63, 3.8) is 0 Å². The Labute approximate surface area is 123 Å². The minimum Gasteiger partial charge on any atom is -0.279 e. The second kappa shape index (κ2) is 5.27. The highest BCUT2D eigenvalue weighted by Gasteiger charge is 2.26. The van der Waals surface area contributed by atoms with E-state index >= 15 is 0 Å². The number of tetrazole rings is 1. The quantitative estimate of drug-likeness (QED) is 0.840. The predicted octanol–water partition coefficient (Wildman–Crippen LogP) is 1.58. The molecule has 1 amide bonds. The largest absolute Gasteiger partial charge is 0.279 e. The van der Waals surface area contributed by atoms with Gasteiger partial charge in [0.15, 0.2) is 0 Å². The topological polar surface area (TPSA) is 63.9 Å². The number of aryl methyl sites for hydroxylation is 4. The Morgan fingerprint density at radius 2 is 1.90 bits per heavy atom. The Morgan fingerprint density at radius 1 is 1.19 bits per heavy atom. The van der Waals surface area contributed by atoms with E-state index in [2.05, 4.69) is 48.4 Å². The number of rotatable bonds is 2. The number of nitrogens with zero attached hydrogens (tertiary/aromatic N) is 5. The summed E-state index contributed by atoms with van der Waals surface area (Å²) in [7, 11) is 0. The van der Waals surface area contributed by atoms with Crippen molar-refractivity contribution in [2.24, 2.45) is 0 Å². The van der Waals surface area contributed by atoms with E-state index in [1.54, 1.807) is 9.58 Å². The van der Waals surface area contributed by atoms with Crippen LogP contribution in [0, 0.1) is 20.8 Å². The van der Waals surface area contributed by atoms with Crippen LogP contribution in [-0.4, -0.2) is 32.7 Å². The van der Waals surface area contributed by atoms with Crippen LogP contribution in [0.5, 0.6) is 0 Å². The molecule has 0 spiro atoms. The molecule has 1 aliphatic rings. The molecule has 0 fully saturated rings. The van der Waals surface area contributed by atoms with Crippen molar-refractivity contribution in [3.05, 3.63) is 34.4 Å². The van der Waals surface area contributed by atoms with Gasteiger partial charge in [-0.2, -0.15) is 0 Å². The molecule has 21 heavy (non-hydrogen) atoms. The molecule has 2 heterocycles. The Balaban J connectivity index is 1.86. The number of anilines is 1. The van der Waals surface area contributed by atoms with Crippen LogP contribution in [0.4, 0.5) is 5.95 Å². The molecule has 6 heteroatoms. The van der Waals surface area contributed by atoms with Crippen molar-refractivity contribution in [1.29, 1.82) is 0 Å². The number of carbonyl (C=O) groups is 1. The van der Waals surface area contributed by atoms with E-state index in [0.29, 0.717) is 18.9 Å². The zero-order valence-electron chi connectivity index (χ0n) is 12.6. The fraction of sp³-hybridized carbons (Fsp3) is 0.467. The van der Waals surface area contributed by atoms with Crippen molar-refractivity contribution in [2.75, 3.05) is 11.4 Å². The molecule has 1 aromatic heterocycles. The van der Waals surface area contributed by atoms with Crippen LogP contribution in [0.3, 0.4) is 0 Å². The third-order valence-corrected chi connectivity index (χ3v) is 3.98. The van der Waals surface area contributed by atoms with E-state index in [1.165, 1.54) is 5.56 Å². The van der Waals surface area contributed by atoms with Gasteiger partial charge < -0.3 is 0 Å². The summed E-state index contributed by atoms with van der Waals surface area (Å²) in [4.78, 5) is 14.3. The summed E-state index contributed by atoms with van der Waals surface area (Å²) < 4.78 is 1.69. The van der Waals surface area contributed by atoms with E-state index in [9.17, 15) is 4.79 Å². The van der Waals surface area contributed by atoms with Crippen molar-refractivity contribution in [2.45, 2.75) is 40.2 Å². The van der Waals surface area contributed by atoms with Gasteiger partial charge in [0.05, 0.1) is 6.42 Å². The zero-order chi connectivity index (χ0) is 15.0. The predicted molar refractivity (Wildman–Crippen MR) is 79.1 cm³/mol. The highest BCUT2D eigenvalue weighted by molar-refractivity contribution is 5.93. The number of amides is 1. The molecule has 0 saturated carbocycles. The lowest BCUT2D eigenvalue weighted by atomic mass is 9.97. The van der Waals surface area contributed by atoms with Crippen LogP contribution in [0.1, 0.15) is 28.7 Å². The fourth-order valence-corrected chi connectivity index (χ4v) is 2.99. The van der Waals surface area contributed by atoms with E-state index in [-0.39, 0.29) is 5.91 Å². The first-order valence-electron chi connectivity index (χ1n) is 7.19. The molecular formula is C15H19N5O. The molecular weight excluding hydrogens is 266 g/mol. The van der Waals surface area contributed by atoms with Gasteiger partial charge in [0.25, 0.3) is 5.95 Å². The molecule has 0 N–H and O–H groups in total. The molecule has 0 radical (unpaired) electrons. The maximum Gasteiger partial charge on any atom is 0.252 e. The molecule has 2 aromatic rings. The van der Waals surface area contributed by atoms with Gasteiger partial charge in [0, 0.05) is 13.1 Å². The summed E-state index contributed by atoms with van der Waals surface area (Å²) in [5, 5.41) is 11.5. The van der Waals surface area contributed by atoms with E-state index < -0.39 is 0 Å². The minimum atomic E-state index is 0.0563. The summed E-state index contributed by atoms with van der Waals surface area (Å²) >= 11 is 0. The van der Waals surface area contributed by atoms with Crippen molar-refractivity contribution in [1.82, 2.24) is 20.2 Å². The van der Waals surface area contributed by atoms with Gasteiger partial charge in [-0.15, -0.1) is 0 Å².